The van der Waals surface area contributed by atoms with Gasteiger partial charge in [-0.3, -0.25) is 0 Å². The monoisotopic (exact) mass is 208 g/mol. The molecule has 0 unspecified atom stereocenters. The van der Waals surface area contributed by atoms with Gasteiger partial charge >= 0.3 is 0 Å². The van der Waals surface area contributed by atoms with Gasteiger partial charge in [-0.2, -0.15) is 0 Å². The molecule has 0 saturated carbocycles. The molecule has 74 valence electrons. The highest BCUT2D eigenvalue weighted by atomic mass is 32.1. The molecule has 0 aliphatic rings. The number of H-pyrrole nitrogens is 1. The van der Waals surface area contributed by atoms with Crippen molar-refractivity contribution in [1.29, 1.82) is 0 Å². The first-order valence-electron chi connectivity index (χ1n) is 4.59. The minimum Gasteiger partial charge on any atom is -0.396 e. The summed E-state index contributed by atoms with van der Waals surface area (Å²) >= 11 is 1.69. The van der Waals surface area contributed by atoms with Crippen molar-refractivity contribution in [1.82, 2.24) is 9.97 Å². The van der Waals surface area contributed by atoms with Crippen LogP contribution in [-0.4, -0.2) is 21.7 Å². The third-order valence-corrected chi connectivity index (χ3v) is 2.89. The number of imidazole rings is 1. The lowest BCUT2D eigenvalue weighted by Gasteiger charge is -1.92. The Bertz CT molecular complexity index is 380. The van der Waals surface area contributed by atoms with E-state index in [1.54, 1.807) is 11.3 Å². The van der Waals surface area contributed by atoms with Crippen molar-refractivity contribution < 1.29 is 5.11 Å². The predicted octanol–water partition coefficient (Wildman–Crippen LogP) is 2.06. The Balaban J connectivity index is 2.10. The molecule has 14 heavy (non-hydrogen) atoms. The lowest BCUT2D eigenvalue weighted by molar-refractivity contribution is 0.287. The number of rotatable bonds is 4. The Morgan fingerprint density at radius 2 is 2.43 bits per heavy atom. The molecule has 2 aromatic heterocycles. The minimum atomic E-state index is 0.217. The number of aryl methyl sites for hydroxylation is 1. The van der Waals surface area contributed by atoms with Gasteiger partial charge in [0.2, 0.25) is 0 Å². The van der Waals surface area contributed by atoms with Crippen molar-refractivity contribution >= 4 is 11.3 Å². The summed E-state index contributed by atoms with van der Waals surface area (Å²) in [6.07, 6.45) is 3.41. The zero-order chi connectivity index (χ0) is 9.80. The average molecular weight is 208 g/mol. The summed E-state index contributed by atoms with van der Waals surface area (Å²) in [7, 11) is 0. The quantitative estimate of drug-likeness (QED) is 0.808. The number of aromatic amines is 1. The van der Waals surface area contributed by atoms with E-state index < -0.39 is 0 Å². The highest BCUT2D eigenvalue weighted by Crippen LogP contribution is 2.22. The number of hydrogen-bond donors (Lipinski definition) is 2. The fraction of sp³-hybridized carbons (Fsp3) is 0.300. The molecular weight excluding hydrogens is 196 g/mol. The van der Waals surface area contributed by atoms with Crippen LogP contribution in [0.2, 0.25) is 0 Å². The molecule has 0 bridgehead atoms. The molecule has 0 saturated heterocycles. The second-order valence-corrected chi connectivity index (χ2v) is 4.00. The van der Waals surface area contributed by atoms with Crippen molar-refractivity contribution in [2.24, 2.45) is 0 Å². The summed E-state index contributed by atoms with van der Waals surface area (Å²) in [5, 5.41) is 10.7. The Hall–Kier alpha value is -1.13. The number of nitrogens with one attached hydrogen (secondary N) is 1. The summed E-state index contributed by atoms with van der Waals surface area (Å²) in [5.41, 5.74) is 1.06. The van der Waals surface area contributed by atoms with Gasteiger partial charge in [0.15, 0.2) is 0 Å². The summed E-state index contributed by atoms with van der Waals surface area (Å²) in [6, 6.07) is 4.09. The van der Waals surface area contributed by atoms with Crippen molar-refractivity contribution in [3.05, 3.63) is 29.5 Å². The second-order valence-electron chi connectivity index (χ2n) is 3.05. The summed E-state index contributed by atoms with van der Waals surface area (Å²) in [4.78, 5) is 8.69. The van der Waals surface area contributed by atoms with Crippen LogP contribution in [0.25, 0.3) is 10.6 Å². The van der Waals surface area contributed by atoms with E-state index in [2.05, 4.69) is 16.0 Å². The number of nitrogens with zero attached hydrogens (tertiary/aromatic N) is 1. The minimum absolute atomic E-state index is 0.217. The van der Waals surface area contributed by atoms with Gasteiger partial charge < -0.3 is 10.1 Å². The molecule has 4 heteroatoms. The molecule has 3 nitrogen and oxygen atoms in total. The van der Waals surface area contributed by atoms with E-state index in [-0.39, 0.29) is 6.61 Å². The third-order valence-electron chi connectivity index (χ3n) is 1.99. The van der Waals surface area contributed by atoms with Crippen molar-refractivity contribution in [3.8, 4) is 10.6 Å². The van der Waals surface area contributed by atoms with Gasteiger partial charge in [-0.15, -0.1) is 11.3 Å². The van der Waals surface area contributed by atoms with Crippen LogP contribution in [0.1, 0.15) is 12.2 Å². The Morgan fingerprint density at radius 3 is 3.14 bits per heavy atom. The maximum Gasteiger partial charge on any atom is 0.106 e. The first-order chi connectivity index (χ1) is 6.90. The Labute approximate surface area is 86.4 Å². The van der Waals surface area contributed by atoms with Crippen molar-refractivity contribution in [2.45, 2.75) is 12.8 Å². The SMILES string of the molecule is OCCCc1ncc(-c2cccs2)[nH]1. The van der Waals surface area contributed by atoms with Crippen molar-refractivity contribution in [2.75, 3.05) is 6.61 Å². The smallest absolute Gasteiger partial charge is 0.106 e. The molecule has 2 N–H and O–H groups in total. The number of aliphatic hydroxyl groups excluding tert-OH is 1. The van der Waals surface area contributed by atoms with Gasteiger partial charge in [-0.1, -0.05) is 6.07 Å². The maximum atomic E-state index is 8.68. The van der Waals surface area contributed by atoms with E-state index in [0.29, 0.717) is 0 Å². The van der Waals surface area contributed by atoms with E-state index >= 15 is 0 Å². The standard InChI is InChI=1S/C10H12N2OS/c13-5-1-4-10-11-7-8(12-10)9-3-2-6-14-9/h2-3,6-7,13H,1,4-5H2,(H,11,12). The van der Waals surface area contributed by atoms with E-state index in [0.717, 1.165) is 24.4 Å². The lowest BCUT2D eigenvalue weighted by Crippen LogP contribution is -1.91. The summed E-state index contributed by atoms with van der Waals surface area (Å²) in [5.74, 6) is 0.947. The van der Waals surface area contributed by atoms with Gasteiger partial charge in [0.25, 0.3) is 0 Å². The molecule has 0 radical (unpaired) electrons. The predicted molar refractivity (Wildman–Crippen MR) is 57.3 cm³/mol. The van der Waals surface area contributed by atoms with Gasteiger partial charge in [-0.05, 0) is 17.9 Å². The molecule has 2 heterocycles. The van der Waals surface area contributed by atoms with Crippen LogP contribution in [-0.2, 0) is 6.42 Å². The zero-order valence-electron chi connectivity index (χ0n) is 7.73. The highest BCUT2D eigenvalue weighted by molar-refractivity contribution is 7.13. The molecule has 2 rings (SSSR count). The fourth-order valence-corrected chi connectivity index (χ4v) is 1.98. The van der Waals surface area contributed by atoms with Crippen LogP contribution >= 0.6 is 11.3 Å². The first-order valence-corrected chi connectivity index (χ1v) is 5.47. The molecule has 0 amide bonds. The lowest BCUT2D eigenvalue weighted by atomic mass is 10.3. The van der Waals surface area contributed by atoms with Crippen LogP contribution in [0.3, 0.4) is 0 Å². The summed E-state index contributed by atoms with van der Waals surface area (Å²) in [6.45, 7) is 0.217. The van der Waals surface area contributed by atoms with Crippen LogP contribution in [0.5, 0.6) is 0 Å². The molecule has 2 aromatic rings. The van der Waals surface area contributed by atoms with Gasteiger partial charge in [0.05, 0.1) is 16.8 Å². The maximum absolute atomic E-state index is 8.68. The van der Waals surface area contributed by atoms with Gasteiger partial charge in [0, 0.05) is 13.0 Å². The molecule has 0 aliphatic heterocycles. The number of aliphatic hydroxyl groups is 1. The van der Waals surface area contributed by atoms with E-state index in [1.807, 2.05) is 17.6 Å². The average Bonchev–Trinajstić information content (AvgIpc) is 2.85. The van der Waals surface area contributed by atoms with E-state index in [1.165, 1.54) is 4.88 Å². The van der Waals surface area contributed by atoms with Crippen LogP contribution in [0, 0.1) is 0 Å². The van der Waals surface area contributed by atoms with Crippen LogP contribution < -0.4 is 0 Å². The largest absolute Gasteiger partial charge is 0.396 e. The van der Waals surface area contributed by atoms with E-state index in [4.69, 9.17) is 5.11 Å². The third kappa shape index (κ3) is 2.02. The topological polar surface area (TPSA) is 48.9 Å². The highest BCUT2D eigenvalue weighted by Gasteiger charge is 2.03. The Kier molecular flexibility index (Phi) is 2.96. The molecule has 0 atom stereocenters. The van der Waals surface area contributed by atoms with Crippen LogP contribution in [0.4, 0.5) is 0 Å². The van der Waals surface area contributed by atoms with Gasteiger partial charge in [0.1, 0.15) is 5.82 Å². The van der Waals surface area contributed by atoms with E-state index in [9.17, 15) is 0 Å². The normalized spacial score (nSPS) is 10.6. The number of aromatic nitrogens is 2. The number of thiophene rings is 1. The zero-order valence-corrected chi connectivity index (χ0v) is 8.55. The van der Waals surface area contributed by atoms with Gasteiger partial charge in [-0.25, -0.2) is 4.98 Å². The van der Waals surface area contributed by atoms with Crippen LogP contribution in [0.15, 0.2) is 23.7 Å². The molecule has 0 fully saturated rings. The number of hydrogen-bond acceptors (Lipinski definition) is 3. The Morgan fingerprint density at radius 1 is 1.50 bits per heavy atom. The molecule has 0 aromatic carbocycles. The first kappa shape index (κ1) is 9.43. The summed E-state index contributed by atoms with van der Waals surface area (Å²) < 4.78 is 0. The van der Waals surface area contributed by atoms with Crippen molar-refractivity contribution in [3.63, 3.8) is 0 Å². The second kappa shape index (κ2) is 4.39. The molecule has 0 aliphatic carbocycles. The molecular formula is C10H12N2OS. The molecule has 0 spiro atoms. The fourth-order valence-electron chi connectivity index (χ4n) is 1.29.